The molecule has 20 heavy (non-hydrogen) atoms. The topological polar surface area (TPSA) is 58.2 Å². The second-order valence-electron chi connectivity index (χ2n) is 4.37. The van der Waals surface area contributed by atoms with Crippen molar-refractivity contribution in [2.75, 3.05) is 25.1 Å². The van der Waals surface area contributed by atoms with Crippen molar-refractivity contribution in [2.24, 2.45) is 0 Å². The fraction of sp³-hybridized carbons (Fsp3) is 0.538. The van der Waals surface area contributed by atoms with Gasteiger partial charge in [0, 0.05) is 23.3 Å². The summed E-state index contributed by atoms with van der Waals surface area (Å²) in [5.74, 6) is 0.760. The molecule has 0 aliphatic rings. The Bertz CT molecular complexity index is 548. The van der Waals surface area contributed by atoms with Crippen LogP contribution in [0, 0.1) is 6.92 Å². The second kappa shape index (κ2) is 8.38. The lowest BCUT2D eigenvalue weighted by Gasteiger charge is -2.13. The van der Waals surface area contributed by atoms with Crippen molar-refractivity contribution in [3.8, 4) is 0 Å². The van der Waals surface area contributed by atoms with E-state index in [-0.39, 0.29) is 0 Å². The Morgan fingerprint density at radius 3 is 2.65 bits per heavy atom. The number of halogens is 1. The van der Waals surface area contributed by atoms with Gasteiger partial charge >= 0.3 is 0 Å². The molecular weight excluding hydrogens is 360 g/mol. The van der Waals surface area contributed by atoms with Crippen LogP contribution in [0.5, 0.6) is 0 Å². The summed E-state index contributed by atoms with van der Waals surface area (Å²) < 4.78 is 28.1. The molecule has 4 nitrogen and oxygen atoms in total. The molecule has 0 amide bonds. The zero-order valence-electron chi connectivity index (χ0n) is 12.0. The highest BCUT2D eigenvalue weighted by atomic mass is 79.9. The lowest BCUT2D eigenvalue weighted by Crippen LogP contribution is -2.27. The van der Waals surface area contributed by atoms with Gasteiger partial charge in [0.2, 0.25) is 10.0 Å². The van der Waals surface area contributed by atoms with E-state index in [1.165, 1.54) is 0 Å². The summed E-state index contributed by atoms with van der Waals surface area (Å²) >= 11 is 5.05. The van der Waals surface area contributed by atoms with Gasteiger partial charge in [-0.25, -0.2) is 13.1 Å². The van der Waals surface area contributed by atoms with Crippen molar-refractivity contribution in [3.05, 3.63) is 27.7 Å². The monoisotopic (exact) mass is 380 g/mol. The summed E-state index contributed by atoms with van der Waals surface area (Å²) in [5.41, 5.74) is 1.69. The molecule has 7 heteroatoms. The van der Waals surface area contributed by atoms with Crippen molar-refractivity contribution in [2.45, 2.75) is 25.3 Å². The van der Waals surface area contributed by atoms with E-state index in [2.05, 4.69) is 26.0 Å². The first-order valence-electron chi connectivity index (χ1n) is 6.40. The highest BCUT2D eigenvalue weighted by Gasteiger charge is 2.18. The molecule has 1 aromatic carbocycles. The van der Waals surface area contributed by atoms with Crippen molar-refractivity contribution < 1.29 is 8.42 Å². The van der Waals surface area contributed by atoms with Gasteiger partial charge in [0.1, 0.15) is 0 Å². The number of benzene rings is 1. The molecule has 0 aliphatic heterocycles. The molecule has 0 saturated heterocycles. The lowest BCUT2D eigenvalue weighted by molar-refractivity contribution is 0.583. The van der Waals surface area contributed by atoms with Gasteiger partial charge in [-0.3, -0.25) is 0 Å². The van der Waals surface area contributed by atoms with Gasteiger partial charge < -0.3 is 5.32 Å². The minimum absolute atomic E-state index is 0.348. The fourth-order valence-corrected chi connectivity index (χ4v) is 4.13. The van der Waals surface area contributed by atoms with Crippen molar-refractivity contribution in [1.82, 2.24) is 10.0 Å². The normalized spacial score (nSPS) is 11.8. The van der Waals surface area contributed by atoms with Crippen LogP contribution in [0.25, 0.3) is 0 Å². The minimum atomic E-state index is -3.45. The van der Waals surface area contributed by atoms with E-state index in [1.54, 1.807) is 17.8 Å². The largest absolute Gasteiger partial charge is 0.313 e. The van der Waals surface area contributed by atoms with Crippen LogP contribution in [0.15, 0.2) is 21.5 Å². The van der Waals surface area contributed by atoms with Crippen LogP contribution < -0.4 is 10.0 Å². The molecule has 114 valence electrons. The maximum atomic E-state index is 12.3. The van der Waals surface area contributed by atoms with E-state index in [9.17, 15) is 8.42 Å². The van der Waals surface area contributed by atoms with Gasteiger partial charge in [-0.05, 0) is 43.0 Å². The third-order valence-corrected chi connectivity index (χ3v) is 5.85. The number of hydrogen-bond acceptors (Lipinski definition) is 4. The fourth-order valence-electron chi connectivity index (χ4n) is 1.71. The first kappa shape index (κ1) is 18.0. The van der Waals surface area contributed by atoms with Crippen molar-refractivity contribution in [3.63, 3.8) is 0 Å². The Morgan fingerprint density at radius 1 is 1.35 bits per heavy atom. The van der Waals surface area contributed by atoms with Crippen molar-refractivity contribution >= 4 is 37.7 Å². The molecule has 0 fully saturated rings. The molecule has 0 atom stereocenters. The number of hydrogen-bond donors (Lipinski definition) is 2. The third kappa shape index (κ3) is 5.04. The van der Waals surface area contributed by atoms with Gasteiger partial charge in [0.25, 0.3) is 0 Å². The number of thioether (sulfide) groups is 1. The van der Waals surface area contributed by atoms with Crippen LogP contribution in [-0.4, -0.2) is 33.5 Å². The highest BCUT2D eigenvalue weighted by molar-refractivity contribution is 9.10. The Morgan fingerprint density at radius 2 is 2.05 bits per heavy atom. The minimum Gasteiger partial charge on any atom is -0.313 e. The smallest absolute Gasteiger partial charge is 0.240 e. The Kier molecular flexibility index (Phi) is 7.53. The molecular formula is C13H21BrN2O2S2. The standard InChI is InChI=1S/C13H21BrN2O2S2/c1-4-15-9-11-7-12(14)10(2)13(8-11)20(17,18)16-5-6-19-3/h7-8,15-16H,4-6,9H2,1-3H3. The summed E-state index contributed by atoms with van der Waals surface area (Å²) in [6.45, 7) is 5.77. The molecule has 0 heterocycles. The molecule has 0 spiro atoms. The Labute approximate surface area is 134 Å². The molecule has 1 aromatic rings. The molecule has 0 saturated carbocycles. The Balaban J connectivity index is 3.05. The van der Waals surface area contributed by atoms with Crippen LogP contribution in [0.2, 0.25) is 0 Å². The predicted molar refractivity (Wildman–Crippen MR) is 89.8 cm³/mol. The third-order valence-electron chi connectivity index (χ3n) is 2.82. The van der Waals surface area contributed by atoms with Gasteiger partial charge in [-0.1, -0.05) is 22.9 Å². The van der Waals surface area contributed by atoms with E-state index in [1.807, 2.05) is 26.2 Å². The van der Waals surface area contributed by atoms with Gasteiger partial charge in [0.05, 0.1) is 4.90 Å². The highest BCUT2D eigenvalue weighted by Crippen LogP contribution is 2.25. The van der Waals surface area contributed by atoms with Gasteiger partial charge in [-0.15, -0.1) is 0 Å². The second-order valence-corrected chi connectivity index (χ2v) is 7.95. The van der Waals surface area contributed by atoms with Crippen LogP contribution in [0.4, 0.5) is 0 Å². The molecule has 0 aromatic heterocycles. The van der Waals surface area contributed by atoms with Gasteiger partial charge in [-0.2, -0.15) is 11.8 Å². The van der Waals surface area contributed by atoms with Crippen LogP contribution in [0.1, 0.15) is 18.1 Å². The van der Waals surface area contributed by atoms with E-state index in [4.69, 9.17) is 0 Å². The SMILES string of the molecule is CCNCc1cc(Br)c(C)c(S(=O)(=O)NCCSC)c1. The maximum Gasteiger partial charge on any atom is 0.240 e. The molecule has 0 aliphatic carbocycles. The average molecular weight is 381 g/mol. The lowest BCUT2D eigenvalue weighted by atomic mass is 10.1. The number of nitrogens with one attached hydrogen (secondary N) is 2. The quantitative estimate of drug-likeness (QED) is 0.680. The summed E-state index contributed by atoms with van der Waals surface area (Å²) in [6.07, 6.45) is 1.95. The average Bonchev–Trinajstić information content (AvgIpc) is 2.39. The first-order valence-corrected chi connectivity index (χ1v) is 10.1. The van der Waals surface area contributed by atoms with Crippen LogP contribution in [0.3, 0.4) is 0 Å². The summed E-state index contributed by atoms with van der Waals surface area (Å²) in [6, 6.07) is 3.70. The number of rotatable bonds is 8. The Hall–Kier alpha value is -0.0800. The molecule has 1 rings (SSSR count). The molecule has 0 radical (unpaired) electrons. The molecule has 0 bridgehead atoms. The van der Waals surface area contributed by atoms with Gasteiger partial charge in [0.15, 0.2) is 0 Å². The van der Waals surface area contributed by atoms with Crippen LogP contribution in [-0.2, 0) is 16.6 Å². The van der Waals surface area contributed by atoms with Crippen molar-refractivity contribution in [1.29, 1.82) is 0 Å². The maximum absolute atomic E-state index is 12.3. The predicted octanol–water partition coefficient (Wildman–Crippen LogP) is 2.51. The molecule has 0 unspecified atom stereocenters. The zero-order valence-corrected chi connectivity index (χ0v) is 15.2. The summed E-state index contributed by atoms with van der Waals surface area (Å²) in [5, 5.41) is 3.20. The summed E-state index contributed by atoms with van der Waals surface area (Å²) in [4.78, 5) is 0.348. The zero-order chi connectivity index (χ0) is 15.2. The molecule has 2 N–H and O–H groups in total. The van der Waals surface area contributed by atoms with E-state index < -0.39 is 10.0 Å². The first-order chi connectivity index (χ1) is 9.42. The van der Waals surface area contributed by atoms with Crippen LogP contribution >= 0.6 is 27.7 Å². The van der Waals surface area contributed by atoms with E-state index in [0.29, 0.717) is 18.0 Å². The number of sulfonamides is 1. The van der Waals surface area contributed by atoms with E-state index in [0.717, 1.165) is 27.9 Å². The van der Waals surface area contributed by atoms with E-state index >= 15 is 0 Å². The summed E-state index contributed by atoms with van der Waals surface area (Å²) in [7, 11) is -3.45.